The van der Waals surface area contributed by atoms with E-state index in [0.29, 0.717) is 19.0 Å². The van der Waals surface area contributed by atoms with E-state index < -0.39 is 6.67 Å². The van der Waals surface area contributed by atoms with Gasteiger partial charge >= 0.3 is 0 Å². The van der Waals surface area contributed by atoms with E-state index in [9.17, 15) is 14.0 Å². The molecule has 4 heterocycles. The highest BCUT2D eigenvalue weighted by atomic mass is 19.1. The van der Waals surface area contributed by atoms with Crippen LogP contribution in [0.15, 0.2) is 59.7 Å². The second kappa shape index (κ2) is 11.5. The number of carbonyl (C=O) groups excluding carboxylic acids is 2. The minimum atomic E-state index is -0.391. The van der Waals surface area contributed by atoms with Gasteiger partial charge < -0.3 is 15.6 Å². The van der Waals surface area contributed by atoms with Gasteiger partial charge in [-0.1, -0.05) is 36.4 Å². The Labute approximate surface area is 262 Å². The van der Waals surface area contributed by atoms with Crippen LogP contribution in [-0.2, 0) is 22.4 Å². The molecule has 1 aromatic heterocycles. The summed E-state index contributed by atoms with van der Waals surface area (Å²) < 4.78 is 13.1. The molecule has 3 aromatic rings. The molecule has 3 aliphatic heterocycles. The van der Waals surface area contributed by atoms with E-state index in [4.69, 9.17) is 0 Å². The van der Waals surface area contributed by atoms with Crippen LogP contribution >= 0.6 is 0 Å². The minimum absolute atomic E-state index is 0.0124. The molecule has 2 unspecified atom stereocenters. The number of hydrogen-bond acceptors (Lipinski definition) is 5. The van der Waals surface area contributed by atoms with Crippen molar-refractivity contribution in [3.63, 3.8) is 0 Å². The zero-order valence-electron chi connectivity index (χ0n) is 26.2. The molecule has 4 atom stereocenters. The standard InChI is InChI=1S/C19H20FN3O.C17H19N3O/c1-21-19(24)13-7-14-16(23(2)10-13)8-12-9-22-15-4-3-11(5-6-20)17(14)18(12)15;1-18-17(21)11-6-13-12-4-3-5-14-16(12)10(8-19-14)7-15(13)20(2)9-11/h3-4,7-9,13,16H,5-6,10H2,1-2H3,(H,21,24);3-6,8,11,15,19H,7,9H2,1-2H3,(H,18,21)/t;11-,15-/m.1/s1. The molecule has 0 saturated heterocycles. The number of nitrogens with one attached hydrogen (secondary N) is 3. The number of allylic oxidation sites excluding steroid dienone is 1. The van der Waals surface area contributed by atoms with Gasteiger partial charge in [0.15, 0.2) is 0 Å². The maximum Gasteiger partial charge on any atom is 0.227 e. The quantitative estimate of drug-likeness (QED) is 0.416. The summed E-state index contributed by atoms with van der Waals surface area (Å²) in [7, 11) is 7.51. The Hall–Kier alpha value is -4.34. The van der Waals surface area contributed by atoms with Gasteiger partial charge in [-0.2, -0.15) is 0 Å². The van der Waals surface area contributed by atoms with Crippen molar-refractivity contribution in [2.45, 2.75) is 24.9 Å². The van der Waals surface area contributed by atoms with Crippen molar-refractivity contribution in [2.24, 2.45) is 16.8 Å². The number of H-pyrrole nitrogens is 1. The number of aromatic nitrogens is 1. The molecule has 9 heteroatoms. The van der Waals surface area contributed by atoms with Crippen LogP contribution in [0.25, 0.3) is 27.6 Å². The average molecular weight is 607 g/mol. The number of aryl methyl sites for hydroxylation is 1. The molecule has 0 saturated carbocycles. The number of amides is 2. The normalized spacial score (nSPS) is 24.3. The molecule has 2 aromatic carbocycles. The molecule has 2 amide bonds. The van der Waals surface area contributed by atoms with E-state index in [2.05, 4.69) is 80.1 Å². The molecule has 3 N–H and O–H groups in total. The van der Waals surface area contributed by atoms with Gasteiger partial charge in [-0.25, -0.2) is 0 Å². The third kappa shape index (κ3) is 4.85. The third-order valence-electron chi connectivity index (χ3n) is 9.98. The van der Waals surface area contributed by atoms with Gasteiger partial charge in [0.25, 0.3) is 0 Å². The number of alkyl halides is 1. The number of hydrogen-bond donors (Lipinski definition) is 3. The highest BCUT2D eigenvalue weighted by Gasteiger charge is 2.37. The Morgan fingerprint density at radius 3 is 2.42 bits per heavy atom. The number of nitrogens with zero attached hydrogens (tertiary/aromatic N) is 3. The van der Waals surface area contributed by atoms with Gasteiger partial charge in [-0.3, -0.25) is 28.8 Å². The lowest BCUT2D eigenvalue weighted by Gasteiger charge is -2.39. The summed E-state index contributed by atoms with van der Waals surface area (Å²) in [5.41, 5.74) is 11.5. The highest BCUT2D eigenvalue weighted by molar-refractivity contribution is 6.20. The SMILES string of the molecule is CNC(=O)C1C=C2c3c(CCF)ccc4c3C(=CC2N(C)C1)C=N4.CNC(=O)[C@@H]1C=C2c3cccc4[nH]cc(c34)C[C@H]2N(C)C1. The highest BCUT2D eigenvalue weighted by Crippen LogP contribution is 2.47. The molecule has 5 aliphatic rings. The number of fused-ring (bicyclic) bond motifs is 4. The third-order valence-corrected chi connectivity index (χ3v) is 9.98. The summed E-state index contributed by atoms with van der Waals surface area (Å²) in [4.78, 5) is 36.6. The van der Waals surface area contributed by atoms with Crippen molar-refractivity contribution in [3.05, 3.63) is 82.6 Å². The van der Waals surface area contributed by atoms with E-state index in [0.717, 1.165) is 46.5 Å². The maximum atomic E-state index is 13.1. The van der Waals surface area contributed by atoms with Gasteiger partial charge in [-0.05, 0) is 66.0 Å². The van der Waals surface area contributed by atoms with Crippen molar-refractivity contribution in [2.75, 3.05) is 48.0 Å². The van der Waals surface area contributed by atoms with Gasteiger partial charge in [0.2, 0.25) is 11.8 Å². The predicted octanol–water partition coefficient (Wildman–Crippen LogP) is 4.15. The van der Waals surface area contributed by atoms with E-state index >= 15 is 0 Å². The smallest absolute Gasteiger partial charge is 0.227 e. The lowest BCUT2D eigenvalue weighted by molar-refractivity contribution is -0.124. The number of aliphatic imine (C=N–C) groups is 1. The monoisotopic (exact) mass is 606 g/mol. The molecular formula is C36H39FN6O2. The second-order valence-corrected chi connectivity index (χ2v) is 12.6. The largest absolute Gasteiger partial charge is 0.361 e. The summed E-state index contributed by atoms with van der Waals surface area (Å²) in [6.45, 7) is 1.06. The summed E-state index contributed by atoms with van der Waals surface area (Å²) in [6.07, 6.45) is 11.9. The van der Waals surface area contributed by atoms with Crippen LogP contribution in [0.5, 0.6) is 0 Å². The fraction of sp³-hybridized carbons (Fsp3) is 0.361. The molecule has 45 heavy (non-hydrogen) atoms. The fourth-order valence-electron chi connectivity index (χ4n) is 7.80. The van der Waals surface area contributed by atoms with Gasteiger partial charge in [0.1, 0.15) is 0 Å². The summed E-state index contributed by atoms with van der Waals surface area (Å²) in [5.74, 6) is -0.155. The number of aromatic amines is 1. The van der Waals surface area contributed by atoms with Crippen molar-refractivity contribution < 1.29 is 14.0 Å². The predicted molar refractivity (Wildman–Crippen MR) is 178 cm³/mol. The Bertz CT molecular complexity index is 1830. The number of benzene rings is 2. The van der Waals surface area contributed by atoms with Crippen LogP contribution in [0.2, 0.25) is 0 Å². The zero-order chi connectivity index (χ0) is 31.4. The van der Waals surface area contributed by atoms with Crippen LogP contribution in [0.4, 0.5) is 10.1 Å². The van der Waals surface area contributed by atoms with E-state index in [1.807, 2.05) is 25.4 Å². The molecule has 8 rings (SSSR count). The molecule has 2 aliphatic carbocycles. The fourth-order valence-corrected chi connectivity index (χ4v) is 7.80. The first-order chi connectivity index (χ1) is 21.8. The second-order valence-electron chi connectivity index (χ2n) is 12.6. The molecule has 0 bridgehead atoms. The Kier molecular flexibility index (Phi) is 7.54. The molecule has 8 nitrogen and oxygen atoms in total. The molecular weight excluding hydrogens is 567 g/mol. The first-order valence-electron chi connectivity index (χ1n) is 15.7. The first kappa shape index (κ1) is 29.4. The van der Waals surface area contributed by atoms with Gasteiger partial charge in [-0.15, -0.1) is 0 Å². The summed E-state index contributed by atoms with van der Waals surface area (Å²) in [6, 6.07) is 10.8. The summed E-state index contributed by atoms with van der Waals surface area (Å²) >= 11 is 0. The maximum absolute atomic E-state index is 13.1. The molecule has 232 valence electrons. The van der Waals surface area contributed by atoms with Crippen LogP contribution in [0.1, 0.15) is 27.8 Å². The zero-order valence-corrected chi connectivity index (χ0v) is 26.2. The van der Waals surface area contributed by atoms with E-state index in [1.165, 1.54) is 27.6 Å². The number of halogens is 1. The van der Waals surface area contributed by atoms with Crippen LogP contribution in [0.3, 0.4) is 0 Å². The molecule has 0 radical (unpaired) electrons. The Morgan fingerprint density at radius 1 is 0.956 bits per heavy atom. The Balaban J connectivity index is 0.000000146. The lowest BCUT2D eigenvalue weighted by Crippen LogP contribution is -2.46. The van der Waals surface area contributed by atoms with Crippen LogP contribution in [0, 0.1) is 11.8 Å². The number of carbonyl (C=O) groups is 2. The average Bonchev–Trinajstić information content (AvgIpc) is 3.67. The van der Waals surface area contributed by atoms with Crippen molar-refractivity contribution in [3.8, 4) is 0 Å². The van der Waals surface area contributed by atoms with Gasteiger partial charge in [0.05, 0.1) is 30.2 Å². The van der Waals surface area contributed by atoms with Crippen LogP contribution in [-0.4, -0.2) is 92.9 Å². The van der Waals surface area contributed by atoms with Gasteiger partial charge in [0, 0.05) is 74.1 Å². The van der Waals surface area contributed by atoms with Crippen molar-refractivity contribution in [1.82, 2.24) is 25.4 Å². The van der Waals surface area contributed by atoms with Crippen molar-refractivity contribution in [1.29, 1.82) is 0 Å². The minimum Gasteiger partial charge on any atom is -0.361 e. The first-order valence-corrected chi connectivity index (χ1v) is 15.7. The van der Waals surface area contributed by atoms with E-state index in [-0.39, 0.29) is 29.7 Å². The van der Waals surface area contributed by atoms with E-state index in [1.54, 1.807) is 14.1 Å². The topological polar surface area (TPSA) is 92.8 Å². The molecule has 0 fully saturated rings. The lowest BCUT2D eigenvalue weighted by atomic mass is 9.77. The molecule has 0 spiro atoms. The van der Waals surface area contributed by atoms with Crippen LogP contribution < -0.4 is 10.6 Å². The summed E-state index contributed by atoms with van der Waals surface area (Å²) in [5, 5.41) is 6.83. The van der Waals surface area contributed by atoms with Crippen molar-refractivity contribution >= 4 is 51.3 Å². The number of likely N-dealkylation sites (N-methyl/N-ethyl adjacent to an activating group) is 2. The Morgan fingerprint density at radius 2 is 1.69 bits per heavy atom. The number of rotatable bonds is 4.